The lowest BCUT2D eigenvalue weighted by Crippen LogP contribution is -2.37. The molecule has 7 nitrogen and oxygen atoms in total. The van der Waals surface area contributed by atoms with Crippen LogP contribution in [0.2, 0.25) is 0 Å². The van der Waals surface area contributed by atoms with Gasteiger partial charge in [0.1, 0.15) is 0 Å². The van der Waals surface area contributed by atoms with Crippen molar-refractivity contribution in [2.75, 3.05) is 23.4 Å². The van der Waals surface area contributed by atoms with Crippen LogP contribution in [0, 0.1) is 6.42 Å². The maximum Gasteiger partial charge on any atom is 0.414 e. The number of rotatable bonds is 5. The molecule has 7 heteroatoms. The highest BCUT2D eigenvalue weighted by Crippen LogP contribution is 2.21. The molecule has 1 aliphatic heterocycles. The van der Waals surface area contributed by atoms with Crippen LogP contribution in [0.1, 0.15) is 22.3 Å². The number of nitrogens with two attached hydrogens (primary N) is 1. The number of hydrogen-bond donors (Lipinski definition) is 2. The van der Waals surface area contributed by atoms with E-state index in [1.165, 1.54) is 6.42 Å². The average molecular weight is 352 g/mol. The Morgan fingerprint density at radius 3 is 2.54 bits per heavy atom. The molecule has 1 radical (unpaired) electrons. The van der Waals surface area contributed by atoms with Crippen molar-refractivity contribution in [2.45, 2.75) is 6.42 Å². The van der Waals surface area contributed by atoms with Gasteiger partial charge >= 0.3 is 6.09 Å². The first-order valence-electron chi connectivity index (χ1n) is 8.13. The second kappa shape index (κ2) is 7.69. The third-order valence-electron chi connectivity index (χ3n) is 3.93. The van der Waals surface area contributed by atoms with Crippen LogP contribution < -0.4 is 16.0 Å². The number of nitrogens with one attached hydrogen (secondary N) is 1. The first-order chi connectivity index (χ1) is 12.5. The molecule has 0 unspecified atom stereocenters. The zero-order valence-corrected chi connectivity index (χ0v) is 14.0. The van der Waals surface area contributed by atoms with Crippen molar-refractivity contribution >= 4 is 29.3 Å². The lowest BCUT2D eigenvalue weighted by atomic mass is 10.0. The van der Waals surface area contributed by atoms with Gasteiger partial charge in [0, 0.05) is 23.5 Å². The number of primary amides is 1. The number of nitrogens with zero attached hydrogens (tertiary/aromatic N) is 1. The van der Waals surface area contributed by atoms with Crippen LogP contribution in [0.3, 0.4) is 0 Å². The van der Waals surface area contributed by atoms with E-state index in [0.29, 0.717) is 30.1 Å². The predicted octanol–water partition coefficient (Wildman–Crippen LogP) is 2.32. The van der Waals surface area contributed by atoms with Crippen LogP contribution in [0.4, 0.5) is 16.2 Å². The first-order valence-corrected chi connectivity index (χ1v) is 8.13. The van der Waals surface area contributed by atoms with Crippen LogP contribution in [-0.4, -0.2) is 31.1 Å². The van der Waals surface area contributed by atoms with Gasteiger partial charge in [-0.05, 0) is 42.3 Å². The Labute approximate surface area is 150 Å². The monoisotopic (exact) mass is 352 g/mol. The maximum absolute atomic E-state index is 12.2. The number of benzene rings is 2. The second-order valence-electron chi connectivity index (χ2n) is 5.75. The van der Waals surface area contributed by atoms with E-state index < -0.39 is 5.91 Å². The Morgan fingerprint density at radius 1 is 1.12 bits per heavy atom. The summed E-state index contributed by atoms with van der Waals surface area (Å²) in [6.45, 7) is 1.04. The standard InChI is InChI=1S/C19H18N3O4/c20-18(24)16-5-2-1-4-13(16)12-17(23)21-14-6-8-15(9-7-14)22-10-3-11-26-19(22)25/h1-2,4-9,12H,3,10-11H2,(H2,20,24)(H,21,23). The molecule has 2 aromatic rings. The molecule has 0 aliphatic carbocycles. The van der Waals surface area contributed by atoms with Crippen molar-refractivity contribution < 1.29 is 19.1 Å². The lowest BCUT2D eigenvalue weighted by Gasteiger charge is -2.26. The van der Waals surface area contributed by atoms with Crippen LogP contribution >= 0.6 is 0 Å². The fourth-order valence-electron chi connectivity index (χ4n) is 2.68. The van der Waals surface area contributed by atoms with Crippen molar-refractivity contribution in [1.82, 2.24) is 0 Å². The largest absolute Gasteiger partial charge is 0.449 e. The van der Waals surface area contributed by atoms with Crippen LogP contribution in [-0.2, 0) is 9.53 Å². The normalized spacial score (nSPS) is 13.8. The minimum absolute atomic E-state index is 0.279. The minimum Gasteiger partial charge on any atom is -0.449 e. The highest BCUT2D eigenvalue weighted by atomic mass is 16.6. The molecule has 26 heavy (non-hydrogen) atoms. The molecule has 0 saturated carbocycles. The summed E-state index contributed by atoms with van der Waals surface area (Å²) >= 11 is 0. The molecule has 0 aromatic heterocycles. The van der Waals surface area contributed by atoms with Gasteiger partial charge in [-0.3, -0.25) is 14.5 Å². The Morgan fingerprint density at radius 2 is 1.85 bits per heavy atom. The number of cyclic esters (lactones) is 1. The van der Waals surface area contributed by atoms with E-state index in [-0.39, 0.29) is 17.6 Å². The fourth-order valence-corrected chi connectivity index (χ4v) is 2.68. The molecular weight excluding hydrogens is 334 g/mol. The van der Waals surface area contributed by atoms with E-state index in [1.54, 1.807) is 53.4 Å². The van der Waals surface area contributed by atoms with Crippen LogP contribution in [0.15, 0.2) is 48.5 Å². The van der Waals surface area contributed by atoms with Gasteiger partial charge in [-0.25, -0.2) is 4.79 Å². The van der Waals surface area contributed by atoms with Crippen molar-refractivity contribution in [2.24, 2.45) is 5.73 Å². The van der Waals surface area contributed by atoms with E-state index in [1.807, 2.05) is 0 Å². The van der Waals surface area contributed by atoms with Gasteiger partial charge in [0.05, 0.1) is 13.0 Å². The summed E-state index contributed by atoms with van der Waals surface area (Å²) in [4.78, 5) is 36.9. The summed E-state index contributed by atoms with van der Waals surface area (Å²) in [5.41, 5.74) is 7.31. The van der Waals surface area contributed by atoms with E-state index in [9.17, 15) is 14.4 Å². The number of ether oxygens (including phenoxy) is 1. The fraction of sp³-hybridized carbons (Fsp3) is 0.158. The smallest absolute Gasteiger partial charge is 0.414 e. The van der Waals surface area contributed by atoms with Gasteiger partial charge in [-0.15, -0.1) is 0 Å². The Hall–Kier alpha value is -3.35. The van der Waals surface area contributed by atoms with E-state index in [2.05, 4.69) is 5.32 Å². The Kier molecular flexibility index (Phi) is 5.17. The summed E-state index contributed by atoms with van der Waals surface area (Å²) in [5.74, 6) is -0.980. The van der Waals surface area contributed by atoms with E-state index >= 15 is 0 Å². The average Bonchev–Trinajstić information content (AvgIpc) is 2.63. The molecule has 1 aliphatic rings. The van der Waals surface area contributed by atoms with Crippen molar-refractivity contribution in [3.05, 3.63) is 66.1 Å². The Bertz CT molecular complexity index is 833. The molecule has 3 amide bonds. The summed E-state index contributed by atoms with van der Waals surface area (Å²) in [6.07, 6.45) is 1.72. The van der Waals surface area contributed by atoms with Crippen molar-refractivity contribution in [1.29, 1.82) is 0 Å². The lowest BCUT2D eigenvalue weighted by molar-refractivity contribution is -0.112. The highest BCUT2D eigenvalue weighted by molar-refractivity contribution is 6.03. The number of carbonyl (C=O) groups excluding carboxylic acids is 3. The number of hydrogen-bond acceptors (Lipinski definition) is 4. The molecule has 1 heterocycles. The number of carbonyl (C=O) groups is 3. The van der Waals surface area contributed by atoms with Gasteiger partial charge < -0.3 is 15.8 Å². The SMILES string of the molecule is NC(=O)c1ccccc1[CH]C(=O)Nc1ccc(N2CCCOC2=O)cc1. The van der Waals surface area contributed by atoms with Crippen LogP contribution in [0.5, 0.6) is 0 Å². The molecule has 3 N–H and O–H groups in total. The first kappa shape index (κ1) is 17.5. The molecule has 133 valence electrons. The molecule has 1 saturated heterocycles. The van der Waals surface area contributed by atoms with Crippen molar-refractivity contribution in [3.63, 3.8) is 0 Å². The summed E-state index contributed by atoms with van der Waals surface area (Å²) in [7, 11) is 0. The maximum atomic E-state index is 12.2. The number of amides is 3. The van der Waals surface area contributed by atoms with Gasteiger partial charge in [0.25, 0.3) is 0 Å². The zero-order chi connectivity index (χ0) is 18.5. The van der Waals surface area contributed by atoms with Gasteiger partial charge in [0.15, 0.2) is 0 Å². The van der Waals surface area contributed by atoms with E-state index in [0.717, 1.165) is 6.42 Å². The minimum atomic E-state index is -0.595. The van der Waals surface area contributed by atoms with Crippen LogP contribution in [0.25, 0.3) is 0 Å². The molecule has 2 aromatic carbocycles. The topological polar surface area (TPSA) is 102 Å². The molecule has 0 bridgehead atoms. The van der Waals surface area contributed by atoms with Gasteiger partial charge in [-0.2, -0.15) is 0 Å². The quantitative estimate of drug-likeness (QED) is 0.862. The molecule has 3 rings (SSSR count). The summed E-state index contributed by atoms with van der Waals surface area (Å²) < 4.78 is 5.01. The molecule has 0 spiro atoms. The predicted molar refractivity (Wildman–Crippen MR) is 96.7 cm³/mol. The van der Waals surface area contributed by atoms with Gasteiger partial charge in [-0.1, -0.05) is 18.2 Å². The summed E-state index contributed by atoms with van der Waals surface area (Å²) in [5, 5.41) is 2.72. The van der Waals surface area contributed by atoms with Gasteiger partial charge in [0.2, 0.25) is 11.8 Å². The number of anilines is 2. The molecule has 0 atom stereocenters. The van der Waals surface area contributed by atoms with E-state index in [4.69, 9.17) is 10.5 Å². The third kappa shape index (κ3) is 4.00. The summed E-state index contributed by atoms with van der Waals surface area (Å²) in [6, 6.07) is 13.5. The second-order valence-corrected chi connectivity index (χ2v) is 5.75. The highest BCUT2D eigenvalue weighted by Gasteiger charge is 2.21. The molecule has 1 fully saturated rings. The zero-order valence-electron chi connectivity index (χ0n) is 14.0. The molecular formula is C19H18N3O4. The Balaban J connectivity index is 1.65. The third-order valence-corrected chi connectivity index (χ3v) is 3.93. The van der Waals surface area contributed by atoms with Crippen molar-refractivity contribution in [3.8, 4) is 0 Å².